The number of likely N-dealkylation sites (tertiary alicyclic amines) is 1. The van der Waals surface area contributed by atoms with Crippen molar-refractivity contribution in [2.45, 2.75) is 46.2 Å². The predicted molar refractivity (Wildman–Crippen MR) is 70.3 cm³/mol. The van der Waals surface area contributed by atoms with Crippen LogP contribution in [0, 0.1) is 17.8 Å². The van der Waals surface area contributed by atoms with Crippen LogP contribution in [0.4, 0.5) is 0 Å². The Labute approximate surface area is 100 Å². The first-order valence-electron chi connectivity index (χ1n) is 6.70. The smallest absolute Gasteiger partial charge is 0.0347 e. The molecule has 0 N–H and O–H groups in total. The fourth-order valence-corrected chi connectivity index (χ4v) is 3.07. The maximum absolute atomic E-state index is 2.68. The molecule has 1 heteroatoms. The summed E-state index contributed by atoms with van der Waals surface area (Å²) in [6.07, 6.45) is 10.6. The van der Waals surface area contributed by atoms with Gasteiger partial charge in [-0.05, 0) is 38.0 Å². The van der Waals surface area contributed by atoms with Crippen molar-refractivity contribution in [2.75, 3.05) is 6.54 Å². The molecule has 3 unspecified atom stereocenters. The highest BCUT2D eigenvalue weighted by molar-refractivity contribution is 5.19. The summed E-state index contributed by atoms with van der Waals surface area (Å²) in [5, 5.41) is 0. The highest BCUT2D eigenvalue weighted by Gasteiger charge is 2.36. The molecule has 2 aliphatic rings. The largest absolute Gasteiger partial charge is 0.294 e. The summed E-state index contributed by atoms with van der Waals surface area (Å²) in [5.41, 5.74) is 0. The molecular formula is C15H25N. The second-order valence-electron chi connectivity index (χ2n) is 5.95. The highest BCUT2D eigenvalue weighted by Crippen LogP contribution is 2.35. The zero-order valence-electron chi connectivity index (χ0n) is 11.1. The average molecular weight is 219 g/mol. The van der Waals surface area contributed by atoms with Gasteiger partial charge in [-0.3, -0.25) is 4.90 Å². The van der Waals surface area contributed by atoms with E-state index in [0.29, 0.717) is 12.1 Å². The Morgan fingerprint density at radius 1 is 1.06 bits per heavy atom. The fraction of sp³-hybridized carbons (Fsp3) is 0.733. The van der Waals surface area contributed by atoms with Crippen LogP contribution >= 0.6 is 0 Å². The molecule has 1 fully saturated rings. The molecule has 1 nitrogen and oxygen atoms in total. The molecule has 16 heavy (non-hydrogen) atoms. The van der Waals surface area contributed by atoms with E-state index in [9.17, 15) is 0 Å². The van der Waals surface area contributed by atoms with Crippen LogP contribution in [0.15, 0.2) is 24.3 Å². The van der Waals surface area contributed by atoms with Gasteiger partial charge in [0.15, 0.2) is 0 Å². The van der Waals surface area contributed by atoms with Crippen molar-refractivity contribution in [3.05, 3.63) is 24.3 Å². The Morgan fingerprint density at radius 3 is 2.38 bits per heavy atom. The third-order valence-electron chi connectivity index (χ3n) is 4.23. The number of nitrogens with zero attached hydrogens (tertiary/aromatic N) is 1. The summed E-state index contributed by atoms with van der Waals surface area (Å²) < 4.78 is 0. The van der Waals surface area contributed by atoms with Gasteiger partial charge < -0.3 is 0 Å². The zero-order chi connectivity index (χ0) is 11.7. The molecular weight excluding hydrogens is 194 g/mol. The molecule has 0 radical (unpaired) electrons. The molecule has 0 bridgehead atoms. The molecule has 0 spiro atoms. The number of hydrogen-bond acceptors (Lipinski definition) is 1. The predicted octanol–water partition coefficient (Wildman–Crippen LogP) is 3.48. The van der Waals surface area contributed by atoms with Gasteiger partial charge in [-0.25, -0.2) is 0 Å². The average Bonchev–Trinajstić information content (AvgIpc) is 2.27. The number of piperidine rings is 1. The third-order valence-corrected chi connectivity index (χ3v) is 4.23. The Bertz CT molecular complexity index is 288. The first kappa shape index (κ1) is 11.9. The SMILES string of the molecule is CC(C)C1CC2C=CC=CC2N(C(C)C)C1. The topological polar surface area (TPSA) is 3.24 Å². The molecule has 0 aromatic heterocycles. The standard InChI is InChI=1S/C15H25N/c1-11(2)14-9-13-7-5-6-8-15(13)16(10-14)12(3)4/h5-8,11-15H,9-10H2,1-4H3. The molecule has 2 rings (SSSR count). The minimum absolute atomic E-state index is 0.653. The van der Waals surface area contributed by atoms with Gasteiger partial charge >= 0.3 is 0 Å². The van der Waals surface area contributed by atoms with Gasteiger partial charge in [-0.1, -0.05) is 38.2 Å². The Morgan fingerprint density at radius 2 is 1.75 bits per heavy atom. The van der Waals surface area contributed by atoms with Gasteiger partial charge in [-0.15, -0.1) is 0 Å². The van der Waals surface area contributed by atoms with Crippen LogP contribution in [0.25, 0.3) is 0 Å². The van der Waals surface area contributed by atoms with Crippen molar-refractivity contribution >= 4 is 0 Å². The molecule has 1 aliphatic carbocycles. The molecule has 1 heterocycles. The quantitative estimate of drug-likeness (QED) is 0.687. The monoisotopic (exact) mass is 219 g/mol. The van der Waals surface area contributed by atoms with Gasteiger partial charge in [0.25, 0.3) is 0 Å². The van der Waals surface area contributed by atoms with E-state index in [1.165, 1.54) is 13.0 Å². The van der Waals surface area contributed by atoms with E-state index in [4.69, 9.17) is 0 Å². The van der Waals surface area contributed by atoms with Crippen LogP contribution in [0.3, 0.4) is 0 Å². The molecule has 90 valence electrons. The summed E-state index contributed by atoms with van der Waals surface area (Å²) in [6.45, 7) is 10.7. The van der Waals surface area contributed by atoms with E-state index in [-0.39, 0.29) is 0 Å². The van der Waals surface area contributed by atoms with Crippen molar-refractivity contribution in [1.82, 2.24) is 4.90 Å². The summed E-state index contributed by atoms with van der Waals surface area (Å²) in [6, 6.07) is 1.31. The van der Waals surface area contributed by atoms with Gasteiger partial charge in [0.2, 0.25) is 0 Å². The summed E-state index contributed by atoms with van der Waals surface area (Å²) in [4.78, 5) is 2.68. The molecule has 3 atom stereocenters. The van der Waals surface area contributed by atoms with Crippen LogP contribution in [-0.2, 0) is 0 Å². The lowest BCUT2D eigenvalue weighted by atomic mass is 9.76. The maximum atomic E-state index is 2.68. The van der Waals surface area contributed by atoms with E-state index < -0.39 is 0 Å². The molecule has 0 aromatic carbocycles. The van der Waals surface area contributed by atoms with E-state index in [1.807, 2.05) is 0 Å². The van der Waals surface area contributed by atoms with Crippen molar-refractivity contribution < 1.29 is 0 Å². The first-order valence-corrected chi connectivity index (χ1v) is 6.70. The lowest BCUT2D eigenvalue weighted by Crippen LogP contribution is -2.51. The van der Waals surface area contributed by atoms with Gasteiger partial charge in [-0.2, -0.15) is 0 Å². The lowest BCUT2D eigenvalue weighted by Gasteiger charge is -2.46. The Hall–Kier alpha value is -0.560. The van der Waals surface area contributed by atoms with Crippen LogP contribution in [-0.4, -0.2) is 23.5 Å². The highest BCUT2D eigenvalue weighted by atomic mass is 15.2. The van der Waals surface area contributed by atoms with Crippen LogP contribution < -0.4 is 0 Å². The van der Waals surface area contributed by atoms with Gasteiger partial charge in [0, 0.05) is 18.6 Å². The summed E-state index contributed by atoms with van der Waals surface area (Å²) in [5.74, 6) is 2.41. The maximum Gasteiger partial charge on any atom is 0.0347 e. The summed E-state index contributed by atoms with van der Waals surface area (Å²) >= 11 is 0. The lowest BCUT2D eigenvalue weighted by molar-refractivity contribution is 0.0546. The minimum atomic E-state index is 0.653. The van der Waals surface area contributed by atoms with E-state index in [0.717, 1.165) is 17.8 Å². The normalized spacial score (nSPS) is 34.8. The number of hydrogen-bond donors (Lipinski definition) is 0. The number of allylic oxidation sites excluding steroid dienone is 2. The van der Waals surface area contributed by atoms with Crippen molar-refractivity contribution in [3.8, 4) is 0 Å². The van der Waals surface area contributed by atoms with Crippen molar-refractivity contribution in [3.63, 3.8) is 0 Å². The Kier molecular flexibility index (Phi) is 3.53. The molecule has 0 aromatic rings. The fourth-order valence-electron chi connectivity index (χ4n) is 3.07. The van der Waals surface area contributed by atoms with Crippen LogP contribution in [0.2, 0.25) is 0 Å². The van der Waals surface area contributed by atoms with Crippen LogP contribution in [0.1, 0.15) is 34.1 Å². The third kappa shape index (κ3) is 2.24. The summed E-state index contributed by atoms with van der Waals surface area (Å²) in [7, 11) is 0. The van der Waals surface area contributed by atoms with Crippen molar-refractivity contribution in [1.29, 1.82) is 0 Å². The number of rotatable bonds is 2. The van der Waals surface area contributed by atoms with Crippen LogP contribution in [0.5, 0.6) is 0 Å². The van der Waals surface area contributed by atoms with E-state index in [1.54, 1.807) is 0 Å². The first-order chi connectivity index (χ1) is 7.59. The Balaban J connectivity index is 2.16. The van der Waals surface area contributed by atoms with E-state index in [2.05, 4.69) is 56.9 Å². The van der Waals surface area contributed by atoms with Crippen molar-refractivity contribution in [2.24, 2.45) is 17.8 Å². The van der Waals surface area contributed by atoms with Gasteiger partial charge in [0.05, 0.1) is 0 Å². The molecule has 1 aliphatic heterocycles. The molecule has 0 amide bonds. The van der Waals surface area contributed by atoms with E-state index >= 15 is 0 Å². The second kappa shape index (κ2) is 4.75. The minimum Gasteiger partial charge on any atom is -0.294 e. The number of fused-ring (bicyclic) bond motifs is 1. The molecule has 0 saturated carbocycles. The molecule has 1 saturated heterocycles. The zero-order valence-corrected chi connectivity index (χ0v) is 11.1. The van der Waals surface area contributed by atoms with Gasteiger partial charge in [0.1, 0.15) is 0 Å². The second-order valence-corrected chi connectivity index (χ2v) is 5.95.